The molecule has 0 bridgehead atoms. The van der Waals surface area contributed by atoms with Crippen molar-refractivity contribution < 1.29 is 0 Å². The van der Waals surface area contributed by atoms with Gasteiger partial charge < -0.3 is 5.32 Å². The Labute approximate surface area is 112 Å². The molecule has 2 aromatic heterocycles. The fraction of sp³-hybridized carbons (Fsp3) is 0.462. The van der Waals surface area contributed by atoms with Crippen LogP contribution < -0.4 is 5.32 Å². The van der Waals surface area contributed by atoms with Crippen molar-refractivity contribution in [3.8, 4) is 10.8 Å². The van der Waals surface area contributed by atoms with E-state index in [2.05, 4.69) is 34.1 Å². The fourth-order valence-electron chi connectivity index (χ4n) is 1.57. The monoisotopic (exact) mass is 262 g/mol. The van der Waals surface area contributed by atoms with Crippen LogP contribution >= 0.6 is 11.3 Å². The molecule has 0 fully saturated rings. The Bertz CT molecular complexity index is 521. The lowest BCUT2D eigenvalue weighted by molar-refractivity contribution is 0.950. The molecule has 0 radical (unpaired) electrons. The maximum absolute atomic E-state index is 4.54. The first-order valence-electron chi connectivity index (χ1n) is 6.27. The van der Waals surface area contributed by atoms with E-state index in [1.807, 2.05) is 18.4 Å². The molecule has 0 spiro atoms. The zero-order valence-corrected chi connectivity index (χ0v) is 11.8. The van der Waals surface area contributed by atoms with Crippen molar-refractivity contribution in [3.05, 3.63) is 22.8 Å². The van der Waals surface area contributed by atoms with Crippen LogP contribution in [-0.2, 0) is 6.42 Å². The second kappa shape index (κ2) is 5.91. The van der Waals surface area contributed by atoms with Crippen LogP contribution in [0.5, 0.6) is 0 Å². The number of aryl methyl sites for hydroxylation is 2. The van der Waals surface area contributed by atoms with Crippen LogP contribution in [0.25, 0.3) is 10.8 Å². The van der Waals surface area contributed by atoms with Gasteiger partial charge in [0.05, 0.1) is 0 Å². The molecule has 0 aliphatic rings. The molecule has 96 valence electrons. The highest BCUT2D eigenvalue weighted by Gasteiger charge is 2.09. The van der Waals surface area contributed by atoms with E-state index in [1.54, 1.807) is 11.3 Å². The third-order valence-corrected chi connectivity index (χ3v) is 3.46. The van der Waals surface area contributed by atoms with Gasteiger partial charge in [0, 0.05) is 29.4 Å². The van der Waals surface area contributed by atoms with E-state index in [9.17, 15) is 0 Å². The molecule has 5 heteroatoms. The van der Waals surface area contributed by atoms with Gasteiger partial charge in [0.25, 0.3) is 0 Å². The third kappa shape index (κ3) is 3.04. The molecule has 0 saturated heterocycles. The zero-order chi connectivity index (χ0) is 13.0. The first-order chi connectivity index (χ1) is 8.72. The molecule has 2 rings (SSSR count). The summed E-state index contributed by atoms with van der Waals surface area (Å²) < 4.78 is 0. The van der Waals surface area contributed by atoms with Crippen LogP contribution in [0.4, 0.5) is 5.82 Å². The van der Waals surface area contributed by atoms with Gasteiger partial charge in [-0.05, 0) is 19.8 Å². The first kappa shape index (κ1) is 13.0. The largest absolute Gasteiger partial charge is 0.370 e. The van der Waals surface area contributed by atoms with E-state index < -0.39 is 0 Å². The molecule has 0 amide bonds. The van der Waals surface area contributed by atoms with Gasteiger partial charge >= 0.3 is 0 Å². The molecule has 2 aromatic rings. The van der Waals surface area contributed by atoms with Gasteiger partial charge in [0.1, 0.15) is 5.82 Å². The number of thiazole rings is 1. The van der Waals surface area contributed by atoms with Crippen molar-refractivity contribution in [2.75, 3.05) is 11.9 Å². The molecule has 0 aromatic carbocycles. The van der Waals surface area contributed by atoms with Gasteiger partial charge in [0.2, 0.25) is 0 Å². The van der Waals surface area contributed by atoms with Crippen LogP contribution in [0.15, 0.2) is 11.4 Å². The molecule has 0 saturated carbocycles. The Balaban J connectivity index is 2.34. The maximum Gasteiger partial charge on any atom is 0.190 e. The van der Waals surface area contributed by atoms with E-state index in [1.165, 1.54) is 0 Å². The number of hydrogen-bond acceptors (Lipinski definition) is 5. The number of anilines is 1. The van der Waals surface area contributed by atoms with Crippen molar-refractivity contribution in [1.29, 1.82) is 0 Å². The van der Waals surface area contributed by atoms with Crippen LogP contribution in [0.1, 0.15) is 31.7 Å². The summed E-state index contributed by atoms with van der Waals surface area (Å²) in [6, 6.07) is 2.01. The van der Waals surface area contributed by atoms with E-state index in [-0.39, 0.29) is 0 Å². The second-order valence-electron chi connectivity index (χ2n) is 4.14. The number of rotatable bonds is 5. The predicted molar refractivity (Wildman–Crippen MR) is 76.0 cm³/mol. The highest BCUT2D eigenvalue weighted by Crippen LogP contribution is 2.22. The summed E-state index contributed by atoms with van der Waals surface area (Å²) in [5.74, 6) is 1.62. The number of nitrogens with zero attached hydrogens (tertiary/aromatic N) is 3. The van der Waals surface area contributed by atoms with Crippen molar-refractivity contribution in [3.63, 3.8) is 0 Å². The molecule has 2 heterocycles. The number of nitrogens with one attached hydrogen (secondary N) is 1. The molecule has 0 aliphatic carbocycles. The van der Waals surface area contributed by atoms with Gasteiger partial charge in [0.15, 0.2) is 10.8 Å². The van der Waals surface area contributed by atoms with Gasteiger partial charge in [-0.1, -0.05) is 13.8 Å². The molecule has 0 unspecified atom stereocenters. The Kier molecular flexibility index (Phi) is 4.25. The fourth-order valence-corrected chi connectivity index (χ4v) is 2.30. The molecule has 1 N–H and O–H groups in total. The van der Waals surface area contributed by atoms with Gasteiger partial charge in [-0.25, -0.2) is 15.0 Å². The van der Waals surface area contributed by atoms with Crippen LogP contribution in [0.2, 0.25) is 0 Å². The molecular formula is C13H18N4S. The quantitative estimate of drug-likeness (QED) is 0.898. The minimum absolute atomic E-state index is 0.728. The number of hydrogen-bond donors (Lipinski definition) is 1. The third-order valence-electron chi connectivity index (χ3n) is 2.51. The summed E-state index contributed by atoms with van der Waals surface area (Å²) in [7, 11) is 0. The standard InChI is InChI=1S/C13H18N4S/c1-4-6-14-11-7-10(5-2)16-12(17-11)13-15-9(3)8-18-13/h7-8H,4-6H2,1-3H3,(H,14,16,17). The highest BCUT2D eigenvalue weighted by molar-refractivity contribution is 7.13. The Hall–Kier alpha value is -1.49. The van der Waals surface area contributed by atoms with Crippen LogP contribution in [-0.4, -0.2) is 21.5 Å². The molecule has 4 nitrogen and oxygen atoms in total. The lowest BCUT2D eigenvalue weighted by Crippen LogP contribution is -2.05. The zero-order valence-electron chi connectivity index (χ0n) is 11.0. The van der Waals surface area contributed by atoms with Crippen molar-refractivity contribution in [2.24, 2.45) is 0 Å². The molecular weight excluding hydrogens is 244 g/mol. The summed E-state index contributed by atoms with van der Waals surface area (Å²) in [6.45, 7) is 7.15. The summed E-state index contributed by atoms with van der Waals surface area (Å²) >= 11 is 1.59. The lowest BCUT2D eigenvalue weighted by atomic mass is 10.3. The highest BCUT2D eigenvalue weighted by atomic mass is 32.1. The topological polar surface area (TPSA) is 50.7 Å². The minimum atomic E-state index is 0.728. The summed E-state index contributed by atoms with van der Waals surface area (Å²) in [5, 5.41) is 6.23. The van der Waals surface area contributed by atoms with Crippen molar-refractivity contribution in [1.82, 2.24) is 15.0 Å². The average Bonchev–Trinajstić information content (AvgIpc) is 2.82. The van der Waals surface area contributed by atoms with E-state index >= 15 is 0 Å². The van der Waals surface area contributed by atoms with Crippen LogP contribution in [0.3, 0.4) is 0 Å². The smallest absolute Gasteiger partial charge is 0.190 e. The predicted octanol–water partition coefficient (Wildman–Crippen LogP) is 3.29. The van der Waals surface area contributed by atoms with Gasteiger partial charge in [-0.15, -0.1) is 11.3 Å². The Morgan fingerprint density at radius 3 is 2.67 bits per heavy atom. The summed E-state index contributed by atoms with van der Waals surface area (Å²) in [4.78, 5) is 13.5. The van der Waals surface area contributed by atoms with E-state index in [4.69, 9.17) is 0 Å². The number of aromatic nitrogens is 3. The lowest BCUT2D eigenvalue weighted by Gasteiger charge is -2.07. The molecule has 0 atom stereocenters. The molecule has 18 heavy (non-hydrogen) atoms. The second-order valence-corrected chi connectivity index (χ2v) is 5.00. The normalized spacial score (nSPS) is 10.6. The Morgan fingerprint density at radius 2 is 2.06 bits per heavy atom. The SMILES string of the molecule is CCCNc1cc(CC)nc(-c2nc(C)cs2)n1. The Morgan fingerprint density at radius 1 is 1.22 bits per heavy atom. The molecule has 0 aliphatic heterocycles. The van der Waals surface area contributed by atoms with E-state index in [0.29, 0.717) is 0 Å². The average molecular weight is 262 g/mol. The van der Waals surface area contributed by atoms with Crippen LogP contribution in [0, 0.1) is 6.92 Å². The summed E-state index contributed by atoms with van der Waals surface area (Å²) in [5.41, 5.74) is 2.06. The maximum atomic E-state index is 4.54. The van der Waals surface area contributed by atoms with Gasteiger partial charge in [-0.3, -0.25) is 0 Å². The first-order valence-corrected chi connectivity index (χ1v) is 7.15. The summed E-state index contributed by atoms with van der Waals surface area (Å²) in [6.07, 6.45) is 1.98. The van der Waals surface area contributed by atoms with Gasteiger partial charge in [-0.2, -0.15) is 0 Å². The van der Waals surface area contributed by atoms with Crippen molar-refractivity contribution >= 4 is 17.2 Å². The van der Waals surface area contributed by atoms with E-state index in [0.717, 1.165) is 47.4 Å². The minimum Gasteiger partial charge on any atom is -0.370 e. The van der Waals surface area contributed by atoms with Crippen molar-refractivity contribution in [2.45, 2.75) is 33.6 Å².